The zero-order valence-corrected chi connectivity index (χ0v) is 17.3. The Kier molecular flexibility index (Phi) is 5.37. The van der Waals surface area contributed by atoms with E-state index in [4.69, 9.17) is 0 Å². The molecule has 6 nitrogen and oxygen atoms in total. The molecule has 0 saturated carbocycles. The quantitative estimate of drug-likeness (QED) is 0.690. The molecule has 3 aromatic carbocycles. The van der Waals surface area contributed by atoms with Crippen LogP contribution in [0.2, 0.25) is 0 Å². The molecule has 0 saturated heterocycles. The van der Waals surface area contributed by atoms with Crippen molar-refractivity contribution < 1.29 is 13.2 Å². The summed E-state index contributed by atoms with van der Waals surface area (Å²) in [4.78, 5) is 12.7. The van der Waals surface area contributed by atoms with Crippen LogP contribution in [0.5, 0.6) is 0 Å². The molecule has 1 aliphatic rings. The number of carbonyl (C=O) groups excluding carboxylic acids is 1. The van der Waals surface area contributed by atoms with Gasteiger partial charge in [-0.3, -0.25) is 4.79 Å². The molecule has 1 N–H and O–H groups in total. The first kappa shape index (κ1) is 19.8. The topological polar surface area (TPSA) is 78.8 Å². The normalized spacial score (nSPS) is 14.6. The van der Waals surface area contributed by atoms with E-state index in [0.29, 0.717) is 17.8 Å². The van der Waals surface area contributed by atoms with E-state index in [0.717, 1.165) is 21.1 Å². The maximum atomic E-state index is 13.1. The summed E-state index contributed by atoms with van der Waals surface area (Å²) in [6.07, 6.45) is 0. The van der Waals surface area contributed by atoms with E-state index in [9.17, 15) is 13.2 Å². The minimum atomic E-state index is -3.92. The summed E-state index contributed by atoms with van der Waals surface area (Å²) in [7, 11) is -3.92. The summed E-state index contributed by atoms with van der Waals surface area (Å²) in [6.45, 7) is 1.92. The fraction of sp³-hybridized carbons (Fsp3) is 0.130. The van der Waals surface area contributed by atoms with E-state index in [1.807, 2.05) is 61.5 Å². The number of hydrogen-bond acceptors (Lipinski definition) is 4. The molecule has 1 aliphatic heterocycles. The molecule has 0 aliphatic carbocycles. The van der Waals surface area contributed by atoms with Crippen molar-refractivity contribution in [3.05, 3.63) is 101 Å². The number of hydrazone groups is 1. The lowest BCUT2D eigenvalue weighted by atomic mass is 10.0. The Labute approximate surface area is 175 Å². The lowest BCUT2D eigenvalue weighted by molar-refractivity contribution is -0.121. The third kappa shape index (κ3) is 3.97. The molecule has 3 aromatic rings. The number of carbonyl (C=O) groups is 1. The molecular weight excluding hydrogens is 398 g/mol. The Balaban J connectivity index is 1.60. The Morgan fingerprint density at radius 3 is 2.33 bits per heavy atom. The van der Waals surface area contributed by atoms with Gasteiger partial charge < -0.3 is 5.32 Å². The van der Waals surface area contributed by atoms with Crippen molar-refractivity contribution in [2.75, 3.05) is 6.54 Å². The summed E-state index contributed by atoms with van der Waals surface area (Å²) in [5.74, 6) is -0.422. The van der Waals surface area contributed by atoms with Crippen molar-refractivity contribution >= 4 is 21.6 Å². The van der Waals surface area contributed by atoms with Crippen molar-refractivity contribution in [2.45, 2.75) is 18.4 Å². The molecule has 0 fully saturated rings. The van der Waals surface area contributed by atoms with Crippen LogP contribution in [0.1, 0.15) is 22.3 Å². The molecule has 0 radical (unpaired) electrons. The van der Waals surface area contributed by atoms with Crippen LogP contribution in [0.3, 0.4) is 0 Å². The maximum absolute atomic E-state index is 13.1. The van der Waals surface area contributed by atoms with Crippen molar-refractivity contribution in [3.63, 3.8) is 0 Å². The van der Waals surface area contributed by atoms with Crippen LogP contribution in [0.15, 0.2) is 88.9 Å². The monoisotopic (exact) mass is 419 g/mol. The Morgan fingerprint density at radius 2 is 1.60 bits per heavy atom. The average molecular weight is 420 g/mol. The molecule has 0 bridgehead atoms. The van der Waals surface area contributed by atoms with E-state index >= 15 is 0 Å². The second kappa shape index (κ2) is 8.12. The van der Waals surface area contributed by atoms with Gasteiger partial charge in [-0.05, 0) is 18.6 Å². The highest BCUT2D eigenvalue weighted by Gasteiger charge is 2.34. The highest BCUT2D eigenvalue weighted by Crippen LogP contribution is 2.28. The van der Waals surface area contributed by atoms with E-state index in [1.165, 1.54) is 0 Å². The molecular formula is C23H21N3O3S. The van der Waals surface area contributed by atoms with Gasteiger partial charge in [-0.15, -0.1) is 0 Å². The van der Waals surface area contributed by atoms with Crippen molar-refractivity contribution in [3.8, 4) is 0 Å². The Hall–Kier alpha value is -3.45. The first-order chi connectivity index (χ1) is 14.4. The van der Waals surface area contributed by atoms with Crippen LogP contribution in [0, 0.1) is 6.92 Å². The van der Waals surface area contributed by atoms with Crippen LogP contribution in [-0.2, 0) is 21.4 Å². The second-order valence-corrected chi connectivity index (χ2v) is 8.87. The predicted octanol–water partition coefficient (Wildman–Crippen LogP) is 3.07. The zero-order chi connectivity index (χ0) is 21.1. The van der Waals surface area contributed by atoms with Gasteiger partial charge >= 0.3 is 0 Å². The molecule has 30 heavy (non-hydrogen) atoms. The Bertz CT molecular complexity index is 1200. The van der Waals surface area contributed by atoms with Crippen LogP contribution >= 0.6 is 0 Å². The Morgan fingerprint density at radius 1 is 0.933 bits per heavy atom. The van der Waals surface area contributed by atoms with E-state index in [2.05, 4.69) is 10.4 Å². The van der Waals surface area contributed by atoms with E-state index < -0.39 is 22.5 Å². The van der Waals surface area contributed by atoms with Gasteiger partial charge in [0.15, 0.2) is 0 Å². The molecule has 0 aromatic heterocycles. The summed E-state index contributed by atoms with van der Waals surface area (Å²) >= 11 is 0. The lowest BCUT2D eigenvalue weighted by Gasteiger charge is -2.26. The zero-order valence-electron chi connectivity index (χ0n) is 16.4. The largest absolute Gasteiger partial charge is 0.350 e. The molecule has 1 amide bonds. The van der Waals surface area contributed by atoms with Crippen molar-refractivity contribution in [2.24, 2.45) is 5.10 Å². The number of rotatable bonds is 5. The first-order valence-electron chi connectivity index (χ1n) is 9.53. The second-order valence-electron chi connectivity index (χ2n) is 7.06. The number of nitrogens with zero attached hydrogens (tertiary/aromatic N) is 2. The van der Waals surface area contributed by atoms with Gasteiger partial charge in [0.25, 0.3) is 10.0 Å². The summed E-state index contributed by atoms with van der Waals surface area (Å²) < 4.78 is 27.0. The fourth-order valence-electron chi connectivity index (χ4n) is 3.23. The molecule has 152 valence electrons. The highest BCUT2D eigenvalue weighted by molar-refractivity contribution is 7.89. The van der Waals surface area contributed by atoms with Crippen LogP contribution in [0.4, 0.5) is 0 Å². The van der Waals surface area contributed by atoms with E-state index in [1.54, 1.807) is 24.3 Å². The third-order valence-corrected chi connectivity index (χ3v) is 6.52. The van der Waals surface area contributed by atoms with Gasteiger partial charge in [-0.2, -0.15) is 17.9 Å². The number of fused-ring (bicyclic) bond motifs is 1. The van der Waals surface area contributed by atoms with Gasteiger partial charge in [0.1, 0.15) is 12.3 Å². The van der Waals surface area contributed by atoms with Gasteiger partial charge in [-0.1, -0.05) is 78.4 Å². The fourth-order valence-corrected chi connectivity index (χ4v) is 4.63. The minimum Gasteiger partial charge on any atom is -0.350 e. The molecule has 0 spiro atoms. The number of nitrogens with one attached hydrogen (secondary N) is 1. The summed E-state index contributed by atoms with van der Waals surface area (Å²) in [6, 6.07) is 23.8. The molecule has 1 heterocycles. The van der Waals surface area contributed by atoms with Crippen molar-refractivity contribution in [1.82, 2.24) is 9.73 Å². The highest BCUT2D eigenvalue weighted by atomic mass is 32.2. The van der Waals surface area contributed by atoms with Crippen LogP contribution in [0.25, 0.3) is 0 Å². The molecule has 4 rings (SSSR count). The van der Waals surface area contributed by atoms with Gasteiger partial charge in [0.05, 0.1) is 4.90 Å². The predicted molar refractivity (Wildman–Crippen MR) is 115 cm³/mol. The SMILES string of the molecule is Cc1ccc(CNC(=O)CN2N=C(c3ccccc3)c3ccccc3S2(=O)=O)cc1. The smallest absolute Gasteiger partial charge is 0.280 e. The van der Waals surface area contributed by atoms with Crippen molar-refractivity contribution in [1.29, 1.82) is 0 Å². The summed E-state index contributed by atoms with van der Waals surface area (Å²) in [5.41, 5.74) is 3.90. The van der Waals surface area contributed by atoms with Crippen LogP contribution in [-0.4, -0.2) is 31.0 Å². The first-order valence-corrected chi connectivity index (χ1v) is 11.0. The van der Waals surface area contributed by atoms with E-state index in [-0.39, 0.29) is 4.90 Å². The van der Waals surface area contributed by atoms with Gasteiger partial charge in [-0.25, -0.2) is 0 Å². The third-order valence-electron chi connectivity index (χ3n) is 4.85. The minimum absolute atomic E-state index is 0.144. The average Bonchev–Trinajstić information content (AvgIpc) is 2.76. The van der Waals surface area contributed by atoms with Gasteiger partial charge in [0.2, 0.25) is 5.91 Å². The molecule has 0 unspecified atom stereocenters. The summed E-state index contributed by atoms with van der Waals surface area (Å²) in [5, 5.41) is 7.12. The number of hydrogen-bond donors (Lipinski definition) is 1. The lowest BCUT2D eigenvalue weighted by Crippen LogP contribution is -2.40. The number of sulfonamides is 1. The molecule has 7 heteroatoms. The molecule has 0 atom stereocenters. The number of amides is 1. The number of benzene rings is 3. The van der Waals surface area contributed by atoms with Gasteiger partial charge in [0, 0.05) is 17.7 Å². The number of aryl methyl sites for hydroxylation is 1. The van der Waals surface area contributed by atoms with Crippen LogP contribution < -0.4 is 5.32 Å². The standard InChI is InChI=1S/C23H21N3O3S/c1-17-11-13-18(14-12-17)15-24-22(27)16-26-25-23(19-7-3-2-4-8-19)20-9-5-6-10-21(20)30(26,28)29/h2-14H,15-16H2,1H3,(H,24,27). The maximum Gasteiger partial charge on any atom is 0.280 e.